The van der Waals surface area contributed by atoms with E-state index in [-0.39, 0.29) is 12.4 Å². The van der Waals surface area contributed by atoms with Crippen molar-refractivity contribution in [3.63, 3.8) is 0 Å². The highest BCUT2D eigenvalue weighted by molar-refractivity contribution is 8.06. The minimum absolute atomic E-state index is 0.250. The molecule has 0 aromatic heterocycles. The van der Waals surface area contributed by atoms with Crippen molar-refractivity contribution in [1.29, 1.82) is 5.26 Å². The Morgan fingerprint density at radius 2 is 2.03 bits per heavy atom. The van der Waals surface area contributed by atoms with Crippen LogP contribution in [-0.4, -0.2) is 67.6 Å². The molecule has 0 aliphatic carbocycles. The van der Waals surface area contributed by atoms with E-state index < -0.39 is 50.4 Å². The number of rotatable bonds is 8. The third-order valence-corrected chi connectivity index (χ3v) is 7.81. The molecule has 0 radical (unpaired) electrons. The molecule has 1 aromatic rings. The van der Waals surface area contributed by atoms with Crippen LogP contribution in [0.3, 0.4) is 0 Å². The molecule has 8 nitrogen and oxygen atoms in total. The van der Waals surface area contributed by atoms with Crippen molar-refractivity contribution in [2.75, 3.05) is 19.0 Å². The molecule has 2 heterocycles. The quantitative estimate of drug-likeness (QED) is 0.233. The summed E-state index contributed by atoms with van der Waals surface area (Å²) >= 11 is 19.3. The molecule has 2 aliphatic heterocycles. The third kappa shape index (κ3) is 5.69. The molecule has 0 bridgehead atoms. The fourth-order valence-corrected chi connectivity index (χ4v) is 6.09. The molecule has 2 amide bonds. The summed E-state index contributed by atoms with van der Waals surface area (Å²) in [6.45, 7) is 1.01. The van der Waals surface area contributed by atoms with Crippen LogP contribution in [0, 0.1) is 10.7 Å². The molecule has 4 unspecified atom stereocenters. The summed E-state index contributed by atoms with van der Waals surface area (Å²) in [7, 11) is 0. The predicted octanol–water partition coefficient (Wildman–Crippen LogP) is 2.72. The lowest BCUT2D eigenvalue weighted by Gasteiger charge is -2.44. The molecule has 0 saturated carbocycles. The minimum Gasteiger partial charge on any atom is -0.484 e. The largest absolute Gasteiger partial charge is 0.484 e. The Morgan fingerprint density at radius 1 is 1.34 bits per heavy atom. The number of benzene rings is 1. The number of β-lactam (4-membered cyclic amide) rings is 1. The molecule has 1 N–H and O–H groups in total. The zero-order valence-electron chi connectivity index (χ0n) is 16.6. The first kappa shape index (κ1) is 25.1. The van der Waals surface area contributed by atoms with Crippen LogP contribution in [0.2, 0.25) is 0 Å². The number of halogens is 3. The normalized spacial score (nSPS) is 26.5. The number of thiocyanates is 1. The number of nitrogens with zero attached hydrogens (tertiary/aromatic N) is 2. The number of carbonyl (C=O) groups is 3. The number of nitriles is 1. The maximum atomic E-state index is 12.8. The number of ether oxygens (including phenoxy) is 2. The van der Waals surface area contributed by atoms with Crippen molar-refractivity contribution in [2.45, 2.75) is 32.9 Å². The topological polar surface area (TPSA) is 109 Å². The van der Waals surface area contributed by atoms with Gasteiger partial charge in [-0.1, -0.05) is 53.0 Å². The first-order valence-electron chi connectivity index (χ1n) is 9.27. The van der Waals surface area contributed by atoms with Gasteiger partial charge in [0, 0.05) is 5.75 Å². The number of amides is 2. The molecule has 2 fully saturated rings. The van der Waals surface area contributed by atoms with E-state index >= 15 is 0 Å². The van der Waals surface area contributed by atoms with Gasteiger partial charge in [0.05, 0.1) is 4.75 Å². The van der Waals surface area contributed by atoms with Gasteiger partial charge >= 0.3 is 5.97 Å². The number of thioether (sulfide) groups is 2. The van der Waals surface area contributed by atoms with Gasteiger partial charge in [-0.2, -0.15) is 5.26 Å². The molecule has 2 aliphatic rings. The fraction of sp³-hybridized carbons (Fsp3) is 0.474. The van der Waals surface area contributed by atoms with E-state index in [9.17, 15) is 14.4 Å². The zero-order valence-corrected chi connectivity index (χ0v) is 20.5. The van der Waals surface area contributed by atoms with Crippen molar-refractivity contribution >= 4 is 76.1 Å². The van der Waals surface area contributed by atoms with E-state index in [1.807, 2.05) is 11.5 Å². The van der Waals surface area contributed by atoms with Crippen LogP contribution in [0.5, 0.6) is 5.75 Å². The van der Waals surface area contributed by atoms with Crippen LogP contribution >= 0.6 is 58.3 Å². The zero-order chi connectivity index (χ0) is 23.5. The molecule has 3 rings (SSSR count). The summed E-state index contributed by atoms with van der Waals surface area (Å²) in [6, 6.07) is 6.97. The SMILES string of the molecule is CC1(CSC#N)SC2C(NC(=O)COc3ccccc3)C(=O)N2C1C(=O)OCC(Cl)(Cl)Cl. The highest BCUT2D eigenvalue weighted by Gasteiger charge is 2.66. The lowest BCUT2D eigenvalue weighted by molar-refractivity contribution is -0.164. The first-order chi connectivity index (χ1) is 15.1. The number of hydrogen-bond acceptors (Lipinski definition) is 8. The van der Waals surface area contributed by atoms with E-state index in [2.05, 4.69) is 5.32 Å². The fourth-order valence-electron chi connectivity index (χ4n) is 3.42. The Kier molecular flexibility index (Phi) is 7.99. The molecule has 2 saturated heterocycles. The molecular formula is C19H18Cl3N3O5S2. The van der Waals surface area contributed by atoms with Crippen molar-refractivity contribution in [3.8, 4) is 11.2 Å². The Balaban J connectivity index is 1.67. The molecule has 1 aromatic carbocycles. The van der Waals surface area contributed by atoms with E-state index in [4.69, 9.17) is 49.5 Å². The highest BCUT2D eigenvalue weighted by Crippen LogP contribution is 2.52. The minimum atomic E-state index is -1.80. The Labute approximate surface area is 208 Å². The van der Waals surface area contributed by atoms with Gasteiger partial charge in [0.25, 0.3) is 5.91 Å². The van der Waals surface area contributed by atoms with Crippen LogP contribution in [-0.2, 0) is 19.1 Å². The summed E-state index contributed by atoms with van der Waals surface area (Å²) in [5.41, 5.74) is 0. The van der Waals surface area contributed by atoms with Gasteiger partial charge in [0.2, 0.25) is 9.70 Å². The average molecular weight is 539 g/mol. The van der Waals surface area contributed by atoms with Crippen LogP contribution < -0.4 is 10.1 Å². The second-order valence-corrected chi connectivity index (χ2v) is 12.1. The number of para-hydroxylation sites is 1. The maximum absolute atomic E-state index is 12.8. The van der Waals surface area contributed by atoms with Gasteiger partial charge in [0.1, 0.15) is 35.2 Å². The Morgan fingerprint density at radius 3 is 2.66 bits per heavy atom. The van der Waals surface area contributed by atoms with Gasteiger partial charge in [-0.25, -0.2) is 4.79 Å². The van der Waals surface area contributed by atoms with Crippen molar-refractivity contribution in [3.05, 3.63) is 30.3 Å². The summed E-state index contributed by atoms with van der Waals surface area (Å²) in [5, 5.41) is 13.1. The number of fused-ring (bicyclic) bond motifs is 1. The molecule has 13 heteroatoms. The number of alkyl halides is 3. The summed E-state index contributed by atoms with van der Waals surface area (Å²) in [5.74, 6) is -0.866. The van der Waals surface area contributed by atoms with Crippen LogP contribution in [0.4, 0.5) is 0 Å². The van der Waals surface area contributed by atoms with Gasteiger partial charge in [-0.3, -0.25) is 9.59 Å². The predicted molar refractivity (Wildman–Crippen MR) is 124 cm³/mol. The lowest BCUT2D eigenvalue weighted by Crippen LogP contribution is -2.71. The van der Waals surface area contributed by atoms with Crippen LogP contribution in [0.1, 0.15) is 6.92 Å². The van der Waals surface area contributed by atoms with Crippen molar-refractivity contribution in [2.24, 2.45) is 0 Å². The number of esters is 1. The van der Waals surface area contributed by atoms with E-state index in [0.29, 0.717) is 5.75 Å². The average Bonchev–Trinajstić information content (AvgIpc) is 3.03. The van der Waals surface area contributed by atoms with Gasteiger partial charge in [0.15, 0.2) is 6.61 Å². The molecule has 32 heavy (non-hydrogen) atoms. The van der Waals surface area contributed by atoms with Gasteiger partial charge in [-0.15, -0.1) is 11.8 Å². The summed E-state index contributed by atoms with van der Waals surface area (Å²) in [6.07, 6.45) is 0. The smallest absolute Gasteiger partial charge is 0.330 e. The summed E-state index contributed by atoms with van der Waals surface area (Å²) < 4.78 is 7.89. The van der Waals surface area contributed by atoms with Crippen molar-refractivity contribution < 1.29 is 23.9 Å². The number of carbonyl (C=O) groups excluding carboxylic acids is 3. The van der Waals surface area contributed by atoms with Crippen LogP contribution in [0.25, 0.3) is 0 Å². The Hall–Kier alpha value is -1.51. The third-order valence-electron chi connectivity index (χ3n) is 4.78. The second-order valence-electron chi connectivity index (χ2n) is 7.22. The molecular weight excluding hydrogens is 521 g/mol. The standard InChI is InChI=1S/C19H18Cl3N3O5S2/c1-18(9-31-10-23)14(17(28)30-8-19(20,21)22)25-15(27)13(16(25)32-18)24-12(26)7-29-11-5-3-2-4-6-11/h2-6,13-14,16H,7-9H2,1H3,(H,24,26). The number of hydrogen-bond donors (Lipinski definition) is 1. The van der Waals surface area contributed by atoms with Gasteiger partial charge in [-0.05, 0) is 30.8 Å². The van der Waals surface area contributed by atoms with Gasteiger partial charge < -0.3 is 19.7 Å². The monoisotopic (exact) mass is 537 g/mol. The van der Waals surface area contributed by atoms with Crippen molar-refractivity contribution in [1.82, 2.24) is 10.2 Å². The highest BCUT2D eigenvalue weighted by atomic mass is 35.6. The van der Waals surface area contributed by atoms with E-state index in [0.717, 1.165) is 11.8 Å². The molecule has 0 spiro atoms. The first-order valence-corrected chi connectivity index (χ1v) is 12.3. The molecule has 4 atom stereocenters. The lowest BCUT2D eigenvalue weighted by atomic mass is 9.95. The van der Waals surface area contributed by atoms with E-state index in [1.54, 1.807) is 31.2 Å². The van der Waals surface area contributed by atoms with E-state index in [1.165, 1.54) is 16.7 Å². The number of nitrogens with one attached hydrogen (secondary N) is 1. The second kappa shape index (κ2) is 10.2. The molecule has 172 valence electrons. The maximum Gasteiger partial charge on any atom is 0.330 e. The Bertz CT molecular complexity index is 927. The summed E-state index contributed by atoms with van der Waals surface area (Å²) in [4.78, 5) is 39.3. The van der Waals surface area contributed by atoms with Crippen LogP contribution in [0.15, 0.2) is 30.3 Å².